The number of hydrogen-bond acceptors (Lipinski definition) is 3. The first-order valence-electron chi connectivity index (χ1n) is 6.92. The Morgan fingerprint density at radius 2 is 2.45 bits per heavy atom. The van der Waals surface area contributed by atoms with Gasteiger partial charge in [0.15, 0.2) is 5.96 Å². The Bertz CT molecular complexity index is 443. The van der Waals surface area contributed by atoms with Crippen molar-refractivity contribution in [1.82, 2.24) is 10.2 Å². The monoisotopic (exact) mass is 359 g/mol. The van der Waals surface area contributed by atoms with Crippen LogP contribution in [-0.2, 0) is 11.2 Å². The summed E-state index contributed by atoms with van der Waals surface area (Å²) in [5.41, 5.74) is 0. The van der Waals surface area contributed by atoms with Gasteiger partial charge in [-0.3, -0.25) is 4.99 Å². The van der Waals surface area contributed by atoms with E-state index >= 15 is 0 Å². The lowest BCUT2D eigenvalue weighted by Gasteiger charge is -2.24. The summed E-state index contributed by atoms with van der Waals surface area (Å²) < 4.78 is 6.61. The molecule has 20 heavy (non-hydrogen) atoms. The molecular weight excluding hydrogens is 338 g/mol. The Balaban J connectivity index is 1.73. The zero-order valence-electron chi connectivity index (χ0n) is 12.1. The Hall–Kier alpha value is -0.590. The van der Waals surface area contributed by atoms with Gasteiger partial charge in [-0.2, -0.15) is 0 Å². The first kappa shape index (κ1) is 15.8. The van der Waals surface area contributed by atoms with Crippen molar-refractivity contribution in [2.24, 2.45) is 10.9 Å². The van der Waals surface area contributed by atoms with Gasteiger partial charge in [0.05, 0.1) is 10.4 Å². The van der Waals surface area contributed by atoms with Crippen LogP contribution in [0.25, 0.3) is 0 Å². The molecule has 1 aromatic heterocycles. The van der Waals surface area contributed by atoms with E-state index in [4.69, 9.17) is 4.74 Å². The van der Waals surface area contributed by atoms with E-state index in [-0.39, 0.29) is 0 Å². The van der Waals surface area contributed by atoms with Gasteiger partial charge in [-0.1, -0.05) is 0 Å². The second-order valence-electron chi connectivity index (χ2n) is 5.04. The van der Waals surface area contributed by atoms with Gasteiger partial charge in [0.25, 0.3) is 0 Å². The predicted octanol–water partition coefficient (Wildman–Crippen LogP) is 2.60. The summed E-state index contributed by atoms with van der Waals surface area (Å²) in [6, 6.07) is 4.26. The minimum atomic E-state index is 0.631. The molecule has 1 saturated heterocycles. The fourth-order valence-corrected chi connectivity index (χ4v) is 3.85. The topological polar surface area (TPSA) is 36.9 Å². The van der Waals surface area contributed by atoms with Crippen LogP contribution in [0.1, 0.15) is 11.3 Å². The molecule has 1 aromatic rings. The zero-order chi connectivity index (χ0) is 14.4. The summed E-state index contributed by atoms with van der Waals surface area (Å²) in [6.45, 7) is 3.69. The summed E-state index contributed by atoms with van der Waals surface area (Å²) in [4.78, 5) is 7.93. The van der Waals surface area contributed by atoms with Gasteiger partial charge in [-0.25, -0.2) is 0 Å². The number of rotatable bonds is 5. The first-order valence-corrected chi connectivity index (χ1v) is 8.53. The van der Waals surface area contributed by atoms with Gasteiger partial charge >= 0.3 is 0 Å². The van der Waals surface area contributed by atoms with Gasteiger partial charge in [0.2, 0.25) is 0 Å². The van der Waals surface area contributed by atoms with Gasteiger partial charge in [-0.05, 0) is 40.9 Å². The summed E-state index contributed by atoms with van der Waals surface area (Å²) >= 11 is 5.28. The largest absolute Gasteiger partial charge is 0.381 e. The quantitative estimate of drug-likeness (QED) is 0.648. The van der Waals surface area contributed by atoms with E-state index in [2.05, 4.69) is 50.3 Å². The molecule has 1 fully saturated rings. The van der Waals surface area contributed by atoms with Gasteiger partial charge in [-0.15, -0.1) is 11.3 Å². The van der Waals surface area contributed by atoms with Gasteiger partial charge in [0, 0.05) is 44.6 Å². The average molecular weight is 360 g/mol. The van der Waals surface area contributed by atoms with Crippen LogP contribution in [0.3, 0.4) is 0 Å². The van der Waals surface area contributed by atoms with Crippen LogP contribution in [0.5, 0.6) is 0 Å². The zero-order valence-corrected chi connectivity index (χ0v) is 14.5. The molecular formula is C14H22BrN3OS. The molecule has 1 aliphatic rings. The minimum Gasteiger partial charge on any atom is -0.381 e. The Kier molecular flexibility index (Phi) is 6.32. The maximum absolute atomic E-state index is 5.42. The van der Waals surface area contributed by atoms with E-state index in [1.165, 1.54) is 8.66 Å². The van der Waals surface area contributed by atoms with Crippen molar-refractivity contribution in [3.05, 3.63) is 20.8 Å². The lowest BCUT2D eigenvalue weighted by atomic mass is 10.1. The fourth-order valence-electron chi connectivity index (χ4n) is 2.37. The number of nitrogens with zero attached hydrogens (tertiary/aromatic N) is 2. The van der Waals surface area contributed by atoms with Crippen LogP contribution in [-0.4, -0.2) is 51.3 Å². The standard InChI is InChI=1S/C14H22BrN3OS/c1-16-14(18(2)9-11-6-8-19-10-11)17-7-5-12-3-4-13(15)20-12/h3-4,11H,5-10H2,1-2H3,(H,16,17). The second kappa shape index (κ2) is 8.00. The molecule has 1 unspecified atom stereocenters. The van der Waals surface area contributed by atoms with Gasteiger partial charge in [0.1, 0.15) is 0 Å². The summed E-state index contributed by atoms with van der Waals surface area (Å²) in [7, 11) is 3.93. The number of halogens is 1. The molecule has 0 radical (unpaired) electrons. The highest BCUT2D eigenvalue weighted by Gasteiger charge is 2.18. The molecule has 0 amide bonds. The minimum absolute atomic E-state index is 0.631. The molecule has 6 heteroatoms. The molecule has 112 valence electrons. The molecule has 4 nitrogen and oxygen atoms in total. The van der Waals surface area contributed by atoms with E-state index in [1.807, 2.05) is 7.05 Å². The second-order valence-corrected chi connectivity index (χ2v) is 7.59. The molecule has 0 bridgehead atoms. The number of nitrogens with one attached hydrogen (secondary N) is 1. The third kappa shape index (κ3) is 4.75. The van der Waals surface area contributed by atoms with Crippen LogP contribution in [0, 0.1) is 5.92 Å². The van der Waals surface area contributed by atoms with Crippen LogP contribution in [0.2, 0.25) is 0 Å². The molecule has 1 aliphatic heterocycles. The summed E-state index contributed by atoms with van der Waals surface area (Å²) in [5, 5.41) is 3.43. The van der Waals surface area contributed by atoms with Crippen molar-refractivity contribution >= 4 is 33.2 Å². The van der Waals surface area contributed by atoms with E-state index in [9.17, 15) is 0 Å². The number of ether oxygens (including phenoxy) is 1. The maximum Gasteiger partial charge on any atom is 0.193 e. The van der Waals surface area contributed by atoms with E-state index in [0.29, 0.717) is 5.92 Å². The molecule has 1 atom stereocenters. The van der Waals surface area contributed by atoms with Crippen molar-refractivity contribution in [1.29, 1.82) is 0 Å². The maximum atomic E-state index is 5.42. The summed E-state index contributed by atoms with van der Waals surface area (Å²) in [5.74, 6) is 1.60. The lowest BCUT2D eigenvalue weighted by molar-refractivity contribution is 0.181. The van der Waals surface area contributed by atoms with Crippen LogP contribution in [0.4, 0.5) is 0 Å². The number of thiophene rings is 1. The van der Waals surface area contributed by atoms with Crippen molar-refractivity contribution in [2.45, 2.75) is 12.8 Å². The average Bonchev–Trinajstić information content (AvgIpc) is 3.06. The number of guanidine groups is 1. The first-order chi connectivity index (χ1) is 9.69. The third-order valence-electron chi connectivity index (χ3n) is 3.41. The summed E-state index contributed by atoms with van der Waals surface area (Å²) in [6.07, 6.45) is 2.18. The molecule has 0 aliphatic carbocycles. The van der Waals surface area contributed by atoms with E-state index < -0.39 is 0 Å². The Morgan fingerprint density at radius 3 is 3.05 bits per heavy atom. The third-order valence-corrected chi connectivity index (χ3v) is 5.10. The molecule has 0 spiro atoms. The van der Waals surface area contributed by atoms with Crippen molar-refractivity contribution in [2.75, 3.05) is 40.4 Å². The van der Waals surface area contributed by atoms with Crippen LogP contribution >= 0.6 is 27.3 Å². The van der Waals surface area contributed by atoms with Crippen molar-refractivity contribution in [3.8, 4) is 0 Å². The van der Waals surface area contributed by atoms with Crippen molar-refractivity contribution < 1.29 is 4.74 Å². The predicted molar refractivity (Wildman–Crippen MR) is 88.6 cm³/mol. The Morgan fingerprint density at radius 1 is 1.60 bits per heavy atom. The van der Waals surface area contributed by atoms with E-state index in [0.717, 1.165) is 45.1 Å². The SMILES string of the molecule is CN=C(NCCc1ccc(Br)s1)N(C)CC1CCOC1. The molecule has 0 saturated carbocycles. The van der Waals surface area contributed by atoms with Crippen molar-refractivity contribution in [3.63, 3.8) is 0 Å². The van der Waals surface area contributed by atoms with Crippen LogP contribution in [0.15, 0.2) is 20.9 Å². The smallest absolute Gasteiger partial charge is 0.193 e. The highest BCUT2D eigenvalue weighted by atomic mass is 79.9. The normalized spacial score (nSPS) is 19.4. The molecule has 2 rings (SSSR count). The van der Waals surface area contributed by atoms with E-state index in [1.54, 1.807) is 11.3 Å². The molecule has 1 N–H and O–H groups in total. The number of hydrogen-bond donors (Lipinski definition) is 1. The molecule has 2 heterocycles. The Labute approximate surface area is 133 Å². The highest BCUT2D eigenvalue weighted by molar-refractivity contribution is 9.11. The fraction of sp³-hybridized carbons (Fsp3) is 0.643. The lowest BCUT2D eigenvalue weighted by Crippen LogP contribution is -2.42. The van der Waals surface area contributed by atoms with Crippen LogP contribution < -0.4 is 5.32 Å². The van der Waals surface area contributed by atoms with Gasteiger partial charge < -0.3 is 15.0 Å². The molecule has 0 aromatic carbocycles. The highest BCUT2D eigenvalue weighted by Crippen LogP contribution is 2.22. The number of aliphatic imine (C=N–C) groups is 1.